The molecule has 0 saturated heterocycles. The van der Waals surface area contributed by atoms with E-state index in [1.165, 1.54) is 0 Å². The van der Waals surface area contributed by atoms with Gasteiger partial charge in [0.25, 0.3) is 0 Å². The number of sulfonamides is 1. The molecule has 2 unspecified atom stereocenters. The highest BCUT2D eigenvalue weighted by atomic mass is 32.2. The summed E-state index contributed by atoms with van der Waals surface area (Å²) in [4.78, 5) is 13.5. The highest BCUT2D eigenvalue weighted by molar-refractivity contribution is 7.89. The lowest BCUT2D eigenvalue weighted by Gasteiger charge is -2.23. The minimum absolute atomic E-state index is 0.227. The van der Waals surface area contributed by atoms with Crippen LogP contribution in [0.4, 0.5) is 0 Å². The Morgan fingerprint density at radius 2 is 1.41 bits per heavy atom. The maximum atomic E-state index is 13.4. The van der Waals surface area contributed by atoms with E-state index in [2.05, 4.69) is 10.0 Å². The molecule has 5 nitrogen and oxygen atoms in total. The molecule has 0 spiro atoms. The smallest absolute Gasteiger partial charge is 0.241 e. The summed E-state index contributed by atoms with van der Waals surface area (Å²) in [6.07, 6.45) is 0.247. The number of carbonyl (C=O) groups excluding carboxylic acids is 1. The fourth-order valence-corrected chi connectivity index (χ4v) is 5.66. The molecule has 3 rings (SSSR count). The van der Waals surface area contributed by atoms with Gasteiger partial charge in [-0.15, -0.1) is 0 Å². The zero-order chi connectivity index (χ0) is 23.3. The van der Waals surface area contributed by atoms with Gasteiger partial charge in [0.05, 0.1) is 10.9 Å². The number of benzene rings is 3. The first-order valence-electron chi connectivity index (χ1n) is 10.7. The van der Waals surface area contributed by atoms with E-state index in [0.717, 1.165) is 16.7 Å². The highest BCUT2D eigenvalue weighted by Crippen LogP contribution is 2.22. The van der Waals surface area contributed by atoms with Crippen molar-refractivity contribution in [1.29, 1.82) is 0 Å². The largest absolute Gasteiger partial charge is 0.348 e. The van der Waals surface area contributed by atoms with Crippen LogP contribution >= 0.6 is 0 Å². The zero-order valence-corrected chi connectivity index (χ0v) is 19.7. The first-order valence-corrected chi connectivity index (χ1v) is 12.1. The number of amides is 1. The average Bonchev–Trinajstić information content (AvgIpc) is 2.73. The van der Waals surface area contributed by atoms with E-state index < -0.39 is 16.1 Å². The van der Waals surface area contributed by atoms with E-state index in [9.17, 15) is 13.2 Å². The molecule has 2 N–H and O–H groups in total. The van der Waals surface area contributed by atoms with Gasteiger partial charge in [-0.25, -0.2) is 8.42 Å². The second kappa shape index (κ2) is 10.1. The average molecular weight is 451 g/mol. The summed E-state index contributed by atoms with van der Waals surface area (Å²) in [7, 11) is -3.91. The van der Waals surface area contributed by atoms with Crippen LogP contribution in [-0.4, -0.2) is 20.4 Å². The predicted molar refractivity (Wildman–Crippen MR) is 128 cm³/mol. The van der Waals surface area contributed by atoms with E-state index in [-0.39, 0.29) is 23.3 Å². The van der Waals surface area contributed by atoms with Crippen LogP contribution in [0.25, 0.3) is 0 Å². The normalized spacial score (nSPS) is 13.4. The van der Waals surface area contributed by atoms with E-state index in [4.69, 9.17) is 0 Å². The molecular weight excluding hydrogens is 420 g/mol. The lowest BCUT2D eigenvalue weighted by Crippen LogP contribution is -2.48. The Morgan fingerprint density at radius 3 is 1.97 bits per heavy atom. The van der Waals surface area contributed by atoms with Gasteiger partial charge in [-0.1, -0.05) is 78.4 Å². The molecule has 0 fully saturated rings. The maximum Gasteiger partial charge on any atom is 0.241 e. The zero-order valence-electron chi connectivity index (χ0n) is 18.9. The molecule has 0 saturated carbocycles. The highest BCUT2D eigenvalue weighted by Gasteiger charge is 2.29. The summed E-state index contributed by atoms with van der Waals surface area (Å²) in [5, 5.41) is 2.96. The van der Waals surface area contributed by atoms with Crippen LogP contribution in [0.2, 0.25) is 0 Å². The van der Waals surface area contributed by atoms with Gasteiger partial charge in [-0.3, -0.25) is 4.79 Å². The van der Waals surface area contributed by atoms with Crippen LogP contribution in [0.1, 0.15) is 40.8 Å². The molecule has 2 atom stereocenters. The third kappa shape index (κ3) is 5.84. The van der Waals surface area contributed by atoms with E-state index >= 15 is 0 Å². The van der Waals surface area contributed by atoms with Crippen molar-refractivity contribution in [2.75, 3.05) is 0 Å². The number of hydrogen-bond donors (Lipinski definition) is 2. The molecule has 0 aliphatic rings. The molecule has 0 bridgehead atoms. The van der Waals surface area contributed by atoms with E-state index in [1.54, 1.807) is 13.8 Å². The Balaban J connectivity index is 1.90. The van der Waals surface area contributed by atoms with Gasteiger partial charge in [-0.05, 0) is 56.4 Å². The second-order valence-corrected chi connectivity index (χ2v) is 9.88. The third-order valence-electron chi connectivity index (χ3n) is 5.43. The van der Waals surface area contributed by atoms with Gasteiger partial charge in [0.1, 0.15) is 6.04 Å². The van der Waals surface area contributed by atoms with Crippen LogP contribution in [0.3, 0.4) is 0 Å². The molecule has 0 radical (unpaired) electrons. The standard InChI is InChI=1S/C26H30N2O3S/c1-18-15-19(2)25(20(3)16-18)32(30,31)28-24(17-22-11-7-5-8-12-22)26(29)27-21(4)23-13-9-6-10-14-23/h5-16,21,24,28H,17H2,1-4H3,(H,27,29). The third-order valence-corrected chi connectivity index (χ3v) is 7.20. The molecule has 3 aromatic carbocycles. The molecule has 0 heterocycles. The van der Waals surface area contributed by atoms with Crippen LogP contribution in [-0.2, 0) is 21.2 Å². The van der Waals surface area contributed by atoms with Gasteiger partial charge in [0, 0.05) is 0 Å². The summed E-state index contributed by atoms with van der Waals surface area (Å²) >= 11 is 0. The Morgan fingerprint density at radius 1 is 0.875 bits per heavy atom. The second-order valence-electron chi connectivity index (χ2n) is 8.23. The van der Waals surface area contributed by atoms with Crippen molar-refractivity contribution in [2.24, 2.45) is 0 Å². The van der Waals surface area contributed by atoms with Crippen molar-refractivity contribution in [3.8, 4) is 0 Å². The Hall–Kier alpha value is -2.96. The number of hydrogen-bond acceptors (Lipinski definition) is 3. The van der Waals surface area contributed by atoms with Crippen molar-refractivity contribution in [2.45, 2.75) is 51.1 Å². The topological polar surface area (TPSA) is 75.3 Å². The summed E-state index contributed by atoms with van der Waals surface area (Å²) < 4.78 is 29.4. The van der Waals surface area contributed by atoms with Gasteiger partial charge >= 0.3 is 0 Å². The quantitative estimate of drug-likeness (QED) is 0.535. The monoisotopic (exact) mass is 450 g/mol. The minimum Gasteiger partial charge on any atom is -0.348 e. The van der Waals surface area contributed by atoms with Crippen LogP contribution in [0, 0.1) is 20.8 Å². The molecule has 0 aliphatic carbocycles. The van der Waals surface area contributed by atoms with E-state index in [1.807, 2.05) is 86.6 Å². The van der Waals surface area contributed by atoms with Crippen molar-refractivity contribution >= 4 is 15.9 Å². The molecule has 3 aromatic rings. The Labute approximate surface area is 190 Å². The van der Waals surface area contributed by atoms with Crippen LogP contribution < -0.4 is 10.0 Å². The van der Waals surface area contributed by atoms with E-state index in [0.29, 0.717) is 11.1 Å². The van der Waals surface area contributed by atoms with Gasteiger partial charge < -0.3 is 5.32 Å². The molecule has 6 heteroatoms. The van der Waals surface area contributed by atoms with Crippen molar-refractivity contribution in [3.63, 3.8) is 0 Å². The molecule has 168 valence electrons. The number of nitrogens with one attached hydrogen (secondary N) is 2. The Bertz CT molecular complexity index is 1150. The molecule has 1 amide bonds. The number of rotatable bonds is 8. The van der Waals surface area contributed by atoms with Crippen LogP contribution in [0.5, 0.6) is 0 Å². The SMILES string of the molecule is Cc1cc(C)c(S(=O)(=O)NC(Cc2ccccc2)C(=O)NC(C)c2ccccc2)c(C)c1. The minimum atomic E-state index is -3.91. The van der Waals surface area contributed by atoms with Crippen molar-refractivity contribution in [3.05, 3.63) is 101 Å². The van der Waals surface area contributed by atoms with Crippen molar-refractivity contribution < 1.29 is 13.2 Å². The fourth-order valence-electron chi connectivity index (χ4n) is 4.01. The summed E-state index contributed by atoms with van der Waals surface area (Å²) in [5.74, 6) is -0.365. The lowest BCUT2D eigenvalue weighted by atomic mass is 10.0. The lowest BCUT2D eigenvalue weighted by molar-refractivity contribution is -0.123. The van der Waals surface area contributed by atoms with Gasteiger partial charge in [0.15, 0.2) is 0 Å². The summed E-state index contributed by atoms with van der Waals surface area (Å²) in [5.41, 5.74) is 4.14. The predicted octanol–water partition coefficient (Wildman–Crippen LogP) is 4.38. The molecule has 0 aromatic heterocycles. The molecule has 0 aliphatic heterocycles. The molecule has 32 heavy (non-hydrogen) atoms. The first-order chi connectivity index (χ1) is 15.2. The first kappa shape index (κ1) is 23.7. The van der Waals surface area contributed by atoms with Gasteiger partial charge in [0.2, 0.25) is 15.9 Å². The molecular formula is C26H30N2O3S. The van der Waals surface area contributed by atoms with Crippen molar-refractivity contribution in [1.82, 2.24) is 10.0 Å². The van der Waals surface area contributed by atoms with Gasteiger partial charge in [-0.2, -0.15) is 4.72 Å². The number of aryl methyl sites for hydroxylation is 3. The summed E-state index contributed by atoms with van der Waals surface area (Å²) in [6, 6.07) is 21.5. The number of carbonyl (C=O) groups is 1. The Kier molecular flexibility index (Phi) is 7.48. The maximum absolute atomic E-state index is 13.4. The fraction of sp³-hybridized carbons (Fsp3) is 0.269. The van der Waals surface area contributed by atoms with Crippen LogP contribution in [0.15, 0.2) is 77.7 Å². The summed E-state index contributed by atoms with van der Waals surface area (Å²) in [6.45, 7) is 7.37.